The standard InChI is InChI=1S/C18H23FN4O3S2/c1-28(25,26)23-6-4-13(5-7-23)17(24)21-8-10-22(11-9-21)18-20-15-3-2-14(19)12-16(15)27-18/h2-3,12-13H,4-11H2,1H3. The van der Waals surface area contributed by atoms with Crippen LogP contribution < -0.4 is 4.90 Å². The first kappa shape index (κ1) is 19.5. The number of sulfonamides is 1. The van der Waals surface area contributed by atoms with Crippen LogP contribution in [0.2, 0.25) is 0 Å². The van der Waals surface area contributed by atoms with E-state index in [1.807, 2.05) is 4.90 Å². The Bertz CT molecular complexity index is 978. The maximum atomic E-state index is 13.4. The molecule has 1 aromatic heterocycles. The molecule has 0 unspecified atom stereocenters. The average molecular weight is 427 g/mol. The number of rotatable bonds is 3. The molecule has 0 spiro atoms. The van der Waals surface area contributed by atoms with Gasteiger partial charge in [0.15, 0.2) is 5.13 Å². The molecule has 0 aliphatic carbocycles. The number of amides is 1. The van der Waals surface area contributed by atoms with Crippen molar-refractivity contribution >= 4 is 42.6 Å². The molecule has 2 fully saturated rings. The van der Waals surface area contributed by atoms with Crippen molar-refractivity contribution in [3.05, 3.63) is 24.0 Å². The summed E-state index contributed by atoms with van der Waals surface area (Å²) in [5.74, 6) is -0.241. The second-order valence-electron chi connectivity index (χ2n) is 7.36. The van der Waals surface area contributed by atoms with Crippen molar-refractivity contribution < 1.29 is 17.6 Å². The summed E-state index contributed by atoms with van der Waals surface area (Å²) in [6, 6.07) is 4.60. The second kappa shape index (κ2) is 7.57. The predicted octanol–water partition coefficient (Wildman–Crippen LogP) is 1.76. The Labute approximate surface area is 167 Å². The lowest BCUT2D eigenvalue weighted by molar-refractivity contribution is -0.137. The van der Waals surface area contributed by atoms with E-state index in [9.17, 15) is 17.6 Å². The van der Waals surface area contributed by atoms with E-state index in [-0.39, 0.29) is 17.6 Å². The number of benzene rings is 1. The van der Waals surface area contributed by atoms with Crippen LogP contribution in [0.3, 0.4) is 0 Å². The third-order valence-corrected chi connectivity index (χ3v) is 7.86. The van der Waals surface area contributed by atoms with Gasteiger partial charge in [-0.15, -0.1) is 0 Å². The third kappa shape index (κ3) is 3.99. The lowest BCUT2D eigenvalue weighted by Crippen LogP contribution is -2.52. The van der Waals surface area contributed by atoms with E-state index in [0.29, 0.717) is 52.1 Å². The first-order chi connectivity index (χ1) is 13.3. The van der Waals surface area contributed by atoms with E-state index in [2.05, 4.69) is 9.88 Å². The number of thiazole rings is 1. The summed E-state index contributed by atoms with van der Waals surface area (Å²) in [6.07, 6.45) is 2.37. The van der Waals surface area contributed by atoms with E-state index in [1.54, 1.807) is 6.07 Å². The predicted molar refractivity (Wildman–Crippen MR) is 108 cm³/mol. The van der Waals surface area contributed by atoms with E-state index in [4.69, 9.17) is 0 Å². The zero-order valence-electron chi connectivity index (χ0n) is 15.7. The minimum atomic E-state index is -3.18. The monoisotopic (exact) mass is 426 g/mol. The molecule has 28 heavy (non-hydrogen) atoms. The fraction of sp³-hybridized carbons (Fsp3) is 0.556. The molecule has 0 N–H and O–H groups in total. The topological polar surface area (TPSA) is 73.8 Å². The van der Waals surface area contributed by atoms with Crippen LogP contribution in [0.5, 0.6) is 0 Å². The van der Waals surface area contributed by atoms with Gasteiger partial charge in [0.1, 0.15) is 5.82 Å². The second-order valence-corrected chi connectivity index (χ2v) is 10.3. The number of piperidine rings is 1. The molecule has 10 heteroatoms. The number of hydrogen-bond acceptors (Lipinski definition) is 6. The van der Waals surface area contributed by atoms with Gasteiger partial charge in [0.2, 0.25) is 15.9 Å². The normalized spacial score (nSPS) is 20.1. The van der Waals surface area contributed by atoms with Gasteiger partial charge < -0.3 is 9.80 Å². The number of anilines is 1. The molecule has 0 atom stereocenters. The highest BCUT2D eigenvalue weighted by molar-refractivity contribution is 7.88. The summed E-state index contributed by atoms with van der Waals surface area (Å²) in [6.45, 7) is 3.45. The van der Waals surface area contributed by atoms with Crippen LogP contribution in [-0.4, -0.2) is 74.0 Å². The minimum Gasteiger partial charge on any atom is -0.345 e. The lowest BCUT2D eigenvalue weighted by Gasteiger charge is -2.38. The number of carbonyl (C=O) groups is 1. The molecule has 7 nitrogen and oxygen atoms in total. The number of carbonyl (C=O) groups excluding carboxylic acids is 1. The van der Waals surface area contributed by atoms with Gasteiger partial charge in [0, 0.05) is 45.2 Å². The smallest absolute Gasteiger partial charge is 0.225 e. The summed E-state index contributed by atoms with van der Waals surface area (Å²) >= 11 is 1.47. The molecule has 4 rings (SSSR count). The Balaban J connectivity index is 1.34. The van der Waals surface area contributed by atoms with Crippen molar-refractivity contribution in [2.45, 2.75) is 12.8 Å². The molecule has 152 valence electrons. The van der Waals surface area contributed by atoms with Crippen LogP contribution >= 0.6 is 11.3 Å². The lowest BCUT2D eigenvalue weighted by atomic mass is 9.96. The Morgan fingerprint density at radius 2 is 1.82 bits per heavy atom. The van der Waals surface area contributed by atoms with E-state index in [0.717, 1.165) is 15.3 Å². The Morgan fingerprint density at radius 1 is 1.14 bits per heavy atom. The average Bonchev–Trinajstić information content (AvgIpc) is 3.10. The molecule has 1 amide bonds. The first-order valence-corrected chi connectivity index (χ1v) is 12.0. The largest absolute Gasteiger partial charge is 0.345 e. The van der Waals surface area contributed by atoms with Gasteiger partial charge in [-0.25, -0.2) is 22.1 Å². The fourth-order valence-electron chi connectivity index (χ4n) is 3.83. The Hall–Kier alpha value is -1.78. The molecule has 2 aromatic rings. The van der Waals surface area contributed by atoms with Gasteiger partial charge in [-0.1, -0.05) is 11.3 Å². The number of halogens is 1. The summed E-state index contributed by atoms with van der Waals surface area (Å²) < 4.78 is 38.9. The fourth-order valence-corrected chi connectivity index (χ4v) is 5.75. The molecule has 3 heterocycles. The van der Waals surface area contributed by atoms with Crippen LogP contribution in [0.1, 0.15) is 12.8 Å². The highest BCUT2D eigenvalue weighted by atomic mass is 32.2. The van der Waals surface area contributed by atoms with Gasteiger partial charge in [-0.05, 0) is 31.0 Å². The number of piperazine rings is 1. The minimum absolute atomic E-state index is 0.102. The van der Waals surface area contributed by atoms with Crippen molar-refractivity contribution in [1.29, 1.82) is 0 Å². The number of aromatic nitrogens is 1. The molecular weight excluding hydrogens is 403 g/mol. The molecule has 0 saturated carbocycles. The molecule has 0 bridgehead atoms. The Kier molecular flexibility index (Phi) is 5.28. The quantitative estimate of drug-likeness (QED) is 0.748. The number of fused-ring (bicyclic) bond motifs is 1. The Morgan fingerprint density at radius 3 is 2.46 bits per heavy atom. The highest BCUT2D eigenvalue weighted by Crippen LogP contribution is 2.30. The van der Waals surface area contributed by atoms with Crippen molar-refractivity contribution in [3.8, 4) is 0 Å². The van der Waals surface area contributed by atoms with Crippen LogP contribution in [-0.2, 0) is 14.8 Å². The van der Waals surface area contributed by atoms with Crippen molar-refractivity contribution in [3.63, 3.8) is 0 Å². The zero-order chi connectivity index (χ0) is 19.9. The van der Waals surface area contributed by atoms with Crippen LogP contribution in [0.25, 0.3) is 10.2 Å². The van der Waals surface area contributed by atoms with Crippen molar-refractivity contribution in [2.24, 2.45) is 5.92 Å². The SMILES string of the molecule is CS(=O)(=O)N1CCC(C(=O)N2CCN(c3nc4ccc(F)cc4s3)CC2)CC1. The molecule has 2 saturated heterocycles. The molecule has 1 aromatic carbocycles. The van der Waals surface area contributed by atoms with Crippen molar-refractivity contribution in [1.82, 2.24) is 14.2 Å². The maximum Gasteiger partial charge on any atom is 0.225 e. The van der Waals surface area contributed by atoms with Crippen LogP contribution in [0, 0.1) is 11.7 Å². The van der Waals surface area contributed by atoms with Crippen LogP contribution in [0.4, 0.5) is 9.52 Å². The van der Waals surface area contributed by atoms with Gasteiger partial charge in [0.05, 0.1) is 16.5 Å². The van der Waals surface area contributed by atoms with E-state index < -0.39 is 10.0 Å². The van der Waals surface area contributed by atoms with E-state index in [1.165, 1.54) is 34.0 Å². The summed E-state index contributed by atoms with van der Waals surface area (Å²) in [4.78, 5) is 21.4. The van der Waals surface area contributed by atoms with Gasteiger partial charge in [-0.2, -0.15) is 0 Å². The summed E-state index contributed by atoms with van der Waals surface area (Å²) in [7, 11) is -3.18. The molecule has 2 aliphatic heterocycles. The number of nitrogens with zero attached hydrogens (tertiary/aromatic N) is 4. The van der Waals surface area contributed by atoms with Crippen molar-refractivity contribution in [2.75, 3.05) is 50.4 Å². The molecule has 0 radical (unpaired) electrons. The maximum absolute atomic E-state index is 13.4. The van der Waals surface area contributed by atoms with Crippen LogP contribution in [0.15, 0.2) is 18.2 Å². The summed E-state index contributed by atoms with van der Waals surface area (Å²) in [5, 5.41) is 0.856. The highest BCUT2D eigenvalue weighted by Gasteiger charge is 2.33. The first-order valence-electron chi connectivity index (χ1n) is 9.36. The zero-order valence-corrected chi connectivity index (χ0v) is 17.3. The number of hydrogen-bond donors (Lipinski definition) is 0. The third-order valence-electron chi connectivity index (χ3n) is 5.47. The molecule has 2 aliphatic rings. The summed E-state index contributed by atoms with van der Waals surface area (Å²) in [5.41, 5.74) is 0.789. The van der Waals surface area contributed by atoms with E-state index >= 15 is 0 Å². The van der Waals surface area contributed by atoms with Gasteiger partial charge >= 0.3 is 0 Å². The van der Waals surface area contributed by atoms with Gasteiger partial charge in [0.25, 0.3) is 0 Å². The molecular formula is C18H23FN4O3S2. The van der Waals surface area contributed by atoms with Gasteiger partial charge in [-0.3, -0.25) is 4.79 Å².